The van der Waals surface area contributed by atoms with Gasteiger partial charge in [-0.15, -0.1) is 0 Å². The predicted molar refractivity (Wildman–Crippen MR) is 119 cm³/mol. The molecule has 0 atom stereocenters. The van der Waals surface area contributed by atoms with Gasteiger partial charge in [0, 0.05) is 11.0 Å². The van der Waals surface area contributed by atoms with Gasteiger partial charge >= 0.3 is 0 Å². The Hall–Kier alpha value is -2.89. The maximum Gasteiger partial charge on any atom is 0.0434 e. The van der Waals surface area contributed by atoms with Crippen LogP contribution in [0.25, 0.3) is 0 Å². The predicted octanol–water partition coefficient (Wildman–Crippen LogP) is 4.62. The number of benzene rings is 4. The molecule has 4 aromatic carbocycles. The standard InChI is InChI=1S/C25H22NP/c26-25-21(19-20-11-4-1-5-12-20)13-10-18-24(25)27(22-14-6-2-7-15-22)23-16-8-3-9-17-23/h1-18H,19,26H2. The van der Waals surface area contributed by atoms with Gasteiger partial charge in [0.15, 0.2) is 0 Å². The Morgan fingerprint density at radius 1 is 0.556 bits per heavy atom. The molecule has 2 heteroatoms. The maximum absolute atomic E-state index is 6.72. The van der Waals surface area contributed by atoms with Crippen LogP contribution in [0.5, 0.6) is 0 Å². The summed E-state index contributed by atoms with van der Waals surface area (Å²) in [7, 11) is -0.683. The molecule has 1 nitrogen and oxygen atoms in total. The van der Waals surface area contributed by atoms with Gasteiger partial charge in [0.1, 0.15) is 0 Å². The minimum atomic E-state index is -0.683. The highest BCUT2D eigenvalue weighted by Gasteiger charge is 2.19. The van der Waals surface area contributed by atoms with Crippen molar-refractivity contribution in [3.05, 3.63) is 120 Å². The lowest BCUT2D eigenvalue weighted by molar-refractivity contribution is 1.20. The number of para-hydroxylation sites is 1. The normalized spacial score (nSPS) is 10.9. The first-order chi connectivity index (χ1) is 13.3. The molecule has 0 saturated heterocycles. The molecule has 0 heterocycles. The Balaban J connectivity index is 1.80. The van der Waals surface area contributed by atoms with Gasteiger partial charge < -0.3 is 5.73 Å². The van der Waals surface area contributed by atoms with Gasteiger partial charge in [0.2, 0.25) is 0 Å². The zero-order valence-electron chi connectivity index (χ0n) is 15.1. The molecule has 0 radical (unpaired) electrons. The van der Waals surface area contributed by atoms with Crippen LogP contribution >= 0.6 is 7.92 Å². The molecular formula is C25H22NP. The molecule has 2 N–H and O–H groups in total. The Morgan fingerprint density at radius 2 is 1.07 bits per heavy atom. The summed E-state index contributed by atoms with van der Waals surface area (Å²) in [5.74, 6) is 0. The fourth-order valence-electron chi connectivity index (χ4n) is 3.35. The molecule has 27 heavy (non-hydrogen) atoms. The first-order valence-electron chi connectivity index (χ1n) is 9.14. The van der Waals surface area contributed by atoms with E-state index in [1.54, 1.807) is 0 Å². The molecule has 0 aliphatic rings. The van der Waals surface area contributed by atoms with Crippen LogP contribution < -0.4 is 21.6 Å². The van der Waals surface area contributed by atoms with Crippen LogP contribution in [0.1, 0.15) is 11.1 Å². The fourth-order valence-corrected chi connectivity index (χ4v) is 5.76. The second-order valence-electron chi connectivity index (χ2n) is 6.52. The summed E-state index contributed by atoms with van der Waals surface area (Å²) in [6.07, 6.45) is 0.854. The van der Waals surface area contributed by atoms with Crippen LogP contribution in [0, 0.1) is 0 Å². The van der Waals surface area contributed by atoms with Gasteiger partial charge in [-0.1, -0.05) is 109 Å². The Bertz CT molecular complexity index is 959. The van der Waals surface area contributed by atoms with Gasteiger partial charge in [-0.25, -0.2) is 0 Å². The third kappa shape index (κ3) is 3.94. The zero-order valence-corrected chi connectivity index (χ0v) is 16.0. The molecule has 0 spiro atoms. The zero-order chi connectivity index (χ0) is 18.5. The van der Waals surface area contributed by atoms with E-state index in [-0.39, 0.29) is 0 Å². The molecule has 0 bridgehead atoms. The van der Waals surface area contributed by atoms with E-state index in [1.165, 1.54) is 27.0 Å². The molecular weight excluding hydrogens is 345 g/mol. The first-order valence-corrected chi connectivity index (χ1v) is 10.5. The molecule has 132 valence electrons. The number of rotatable bonds is 5. The second-order valence-corrected chi connectivity index (χ2v) is 8.70. The van der Waals surface area contributed by atoms with Crippen LogP contribution in [0.3, 0.4) is 0 Å². The lowest BCUT2D eigenvalue weighted by Gasteiger charge is -2.22. The van der Waals surface area contributed by atoms with Crippen molar-refractivity contribution in [1.29, 1.82) is 0 Å². The topological polar surface area (TPSA) is 26.0 Å². The van der Waals surface area contributed by atoms with E-state index in [9.17, 15) is 0 Å². The molecule has 4 rings (SSSR count). The summed E-state index contributed by atoms with van der Waals surface area (Å²) in [6.45, 7) is 0. The third-order valence-electron chi connectivity index (χ3n) is 4.68. The third-order valence-corrected chi connectivity index (χ3v) is 7.18. The van der Waals surface area contributed by atoms with Gasteiger partial charge in [-0.3, -0.25) is 0 Å². The molecule has 0 fully saturated rings. The van der Waals surface area contributed by atoms with E-state index in [0.29, 0.717) is 0 Å². The number of anilines is 1. The molecule has 0 saturated carbocycles. The van der Waals surface area contributed by atoms with Crippen molar-refractivity contribution in [3.8, 4) is 0 Å². The van der Waals surface area contributed by atoms with E-state index in [2.05, 4.69) is 103 Å². The summed E-state index contributed by atoms with van der Waals surface area (Å²) in [5, 5.41) is 3.88. The number of hydrogen-bond donors (Lipinski definition) is 1. The second kappa shape index (κ2) is 8.20. The van der Waals surface area contributed by atoms with Crippen molar-refractivity contribution >= 4 is 29.5 Å². The van der Waals surface area contributed by atoms with Crippen molar-refractivity contribution in [2.45, 2.75) is 6.42 Å². The summed E-state index contributed by atoms with van der Waals surface area (Å²) in [6, 6.07) is 38.4. The smallest absolute Gasteiger partial charge is 0.0434 e. The number of nitrogens with two attached hydrogens (primary N) is 1. The average molecular weight is 367 g/mol. The Labute approximate surface area is 162 Å². The summed E-state index contributed by atoms with van der Waals surface area (Å²) in [5.41, 5.74) is 10.1. The van der Waals surface area contributed by atoms with E-state index in [4.69, 9.17) is 5.73 Å². The van der Waals surface area contributed by atoms with Crippen LogP contribution in [-0.2, 0) is 6.42 Å². The molecule has 0 unspecified atom stereocenters. The summed E-state index contributed by atoms with van der Waals surface area (Å²) >= 11 is 0. The number of nitrogen functional groups attached to an aromatic ring is 1. The first kappa shape index (κ1) is 17.5. The van der Waals surface area contributed by atoms with E-state index >= 15 is 0 Å². The molecule has 0 aromatic heterocycles. The minimum Gasteiger partial charge on any atom is -0.398 e. The monoisotopic (exact) mass is 367 g/mol. The highest BCUT2D eigenvalue weighted by Crippen LogP contribution is 2.36. The highest BCUT2D eigenvalue weighted by atomic mass is 31.1. The van der Waals surface area contributed by atoms with E-state index in [1.807, 2.05) is 6.07 Å². The molecule has 4 aromatic rings. The van der Waals surface area contributed by atoms with Crippen LogP contribution in [0.15, 0.2) is 109 Å². The van der Waals surface area contributed by atoms with Crippen molar-refractivity contribution in [2.75, 3.05) is 5.73 Å². The Kier molecular flexibility index (Phi) is 5.32. The largest absolute Gasteiger partial charge is 0.398 e. The van der Waals surface area contributed by atoms with E-state index in [0.717, 1.165) is 12.1 Å². The SMILES string of the molecule is Nc1c(Cc2ccccc2)cccc1P(c1ccccc1)c1ccccc1. The van der Waals surface area contributed by atoms with Gasteiger partial charge in [-0.2, -0.15) is 0 Å². The van der Waals surface area contributed by atoms with E-state index < -0.39 is 7.92 Å². The quantitative estimate of drug-likeness (QED) is 0.404. The van der Waals surface area contributed by atoms with Gasteiger partial charge in [-0.05, 0) is 36.1 Å². The average Bonchev–Trinajstić information content (AvgIpc) is 2.73. The summed E-state index contributed by atoms with van der Waals surface area (Å²) in [4.78, 5) is 0. The highest BCUT2D eigenvalue weighted by molar-refractivity contribution is 7.80. The van der Waals surface area contributed by atoms with Crippen molar-refractivity contribution in [1.82, 2.24) is 0 Å². The van der Waals surface area contributed by atoms with Crippen molar-refractivity contribution in [2.24, 2.45) is 0 Å². The molecule has 0 aliphatic heterocycles. The van der Waals surface area contributed by atoms with Crippen LogP contribution in [0.2, 0.25) is 0 Å². The van der Waals surface area contributed by atoms with Gasteiger partial charge in [0.25, 0.3) is 0 Å². The minimum absolute atomic E-state index is 0.683. The van der Waals surface area contributed by atoms with Gasteiger partial charge in [0.05, 0.1) is 0 Å². The van der Waals surface area contributed by atoms with Crippen LogP contribution in [-0.4, -0.2) is 0 Å². The maximum atomic E-state index is 6.72. The number of hydrogen-bond acceptors (Lipinski definition) is 1. The molecule has 0 amide bonds. The Morgan fingerprint density at radius 3 is 1.63 bits per heavy atom. The van der Waals surface area contributed by atoms with Crippen molar-refractivity contribution in [3.63, 3.8) is 0 Å². The lowest BCUT2D eigenvalue weighted by atomic mass is 10.0. The summed E-state index contributed by atoms with van der Waals surface area (Å²) < 4.78 is 0. The van der Waals surface area contributed by atoms with Crippen LogP contribution in [0.4, 0.5) is 5.69 Å². The molecule has 0 aliphatic carbocycles. The lowest BCUT2D eigenvalue weighted by Crippen LogP contribution is -2.23. The van der Waals surface area contributed by atoms with Crippen molar-refractivity contribution < 1.29 is 0 Å². The fraction of sp³-hybridized carbons (Fsp3) is 0.0400.